The van der Waals surface area contributed by atoms with Gasteiger partial charge in [0.05, 0.1) is 13.0 Å². The van der Waals surface area contributed by atoms with Crippen LogP contribution in [-0.2, 0) is 4.79 Å². The molecule has 1 aliphatic carbocycles. The average molecular weight is 237 g/mol. The molecule has 0 saturated heterocycles. The number of carboxylic acid groups (broad SMARTS) is 1. The number of carbonyl (C=O) groups is 1. The maximum Gasteiger partial charge on any atom is 0.308 e. The van der Waals surface area contributed by atoms with Crippen LogP contribution < -0.4 is 10.1 Å². The van der Waals surface area contributed by atoms with Crippen molar-refractivity contribution >= 4 is 11.9 Å². The van der Waals surface area contributed by atoms with Gasteiger partial charge in [-0.15, -0.1) is 0 Å². The lowest BCUT2D eigenvalue weighted by atomic mass is 10.0. The molecule has 0 bridgehead atoms. The lowest BCUT2D eigenvalue weighted by Gasteiger charge is -2.17. The number of aromatic nitrogens is 2. The lowest BCUT2D eigenvalue weighted by Crippen LogP contribution is -2.30. The molecule has 1 heterocycles. The Kier molecular flexibility index (Phi) is 3.41. The molecule has 17 heavy (non-hydrogen) atoms. The van der Waals surface area contributed by atoms with E-state index in [2.05, 4.69) is 15.3 Å². The number of methoxy groups -OCH3 is 1. The van der Waals surface area contributed by atoms with Gasteiger partial charge in [-0.05, 0) is 12.8 Å². The fraction of sp³-hybridized carbons (Fsp3) is 0.545. The minimum absolute atomic E-state index is 0.0976. The number of ether oxygens (including phenoxy) is 1. The molecule has 92 valence electrons. The highest BCUT2D eigenvalue weighted by Crippen LogP contribution is 2.28. The molecule has 2 atom stereocenters. The van der Waals surface area contributed by atoms with Gasteiger partial charge in [0.15, 0.2) is 0 Å². The summed E-state index contributed by atoms with van der Waals surface area (Å²) < 4.78 is 4.99. The number of hydrogen-bond acceptors (Lipinski definition) is 5. The Hall–Kier alpha value is -1.85. The minimum atomic E-state index is -0.761. The normalized spacial score (nSPS) is 23.4. The molecule has 6 heteroatoms. The zero-order valence-corrected chi connectivity index (χ0v) is 9.59. The van der Waals surface area contributed by atoms with Gasteiger partial charge in [-0.2, -0.15) is 4.98 Å². The van der Waals surface area contributed by atoms with E-state index in [0.29, 0.717) is 18.2 Å². The van der Waals surface area contributed by atoms with Gasteiger partial charge < -0.3 is 15.2 Å². The van der Waals surface area contributed by atoms with E-state index in [0.717, 1.165) is 12.8 Å². The summed E-state index contributed by atoms with van der Waals surface area (Å²) in [6.07, 6.45) is 4.03. The second kappa shape index (κ2) is 4.99. The van der Waals surface area contributed by atoms with Gasteiger partial charge in [-0.25, -0.2) is 4.98 Å². The Bertz CT molecular complexity index is 411. The summed E-state index contributed by atoms with van der Waals surface area (Å²) >= 11 is 0. The molecule has 0 radical (unpaired) electrons. The van der Waals surface area contributed by atoms with Crippen LogP contribution in [-0.4, -0.2) is 34.2 Å². The first-order valence-electron chi connectivity index (χ1n) is 5.57. The van der Waals surface area contributed by atoms with E-state index in [-0.39, 0.29) is 12.0 Å². The summed E-state index contributed by atoms with van der Waals surface area (Å²) in [5, 5.41) is 12.1. The van der Waals surface area contributed by atoms with E-state index in [1.54, 1.807) is 12.3 Å². The van der Waals surface area contributed by atoms with Gasteiger partial charge in [0, 0.05) is 18.3 Å². The van der Waals surface area contributed by atoms with Crippen LogP contribution in [0.15, 0.2) is 12.3 Å². The smallest absolute Gasteiger partial charge is 0.308 e. The van der Waals surface area contributed by atoms with Crippen molar-refractivity contribution in [1.82, 2.24) is 9.97 Å². The predicted molar refractivity (Wildman–Crippen MR) is 61.0 cm³/mol. The van der Waals surface area contributed by atoms with Gasteiger partial charge in [0.25, 0.3) is 0 Å². The fourth-order valence-electron chi connectivity index (χ4n) is 2.12. The highest BCUT2D eigenvalue weighted by Gasteiger charge is 2.33. The third-order valence-electron chi connectivity index (χ3n) is 2.99. The largest absolute Gasteiger partial charge is 0.481 e. The summed E-state index contributed by atoms with van der Waals surface area (Å²) in [5.74, 6) is -0.234. The van der Waals surface area contributed by atoms with Crippen molar-refractivity contribution in [2.75, 3.05) is 12.4 Å². The molecule has 1 fully saturated rings. The molecule has 0 aliphatic heterocycles. The van der Waals surface area contributed by atoms with E-state index in [1.165, 1.54) is 7.11 Å². The standard InChI is InChI=1S/C11H15N3O3/c1-17-9-5-6-12-11(14-9)13-8-4-2-3-7(8)10(15)16/h5-8H,2-4H2,1H3,(H,15,16)(H,12,13,14). The molecular formula is C11H15N3O3. The van der Waals surface area contributed by atoms with Crippen molar-refractivity contribution in [2.24, 2.45) is 5.92 Å². The van der Waals surface area contributed by atoms with Crippen molar-refractivity contribution in [3.05, 3.63) is 12.3 Å². The van der Waals surface area contributed by atoms with E-state index >= 15 is 0 Å². The molecule has 0 aromatic carbocycles. The van der Waals surface area contributed by atoms with Crippen LogP contribution in [0, 0.1) is 5.92 Å². The van der Waals surface area contributed by atoms with Crippen LogP contribution >= 0.6 is 0 Å². The summed E-state index contributed by atoms with van der Waals surface area (Å²) in [7, 11) is 1.53. The highest BCUT2D eigenvalue weighted by molar-refractivity contribution is 5.72. The number of hydrogen-bond donors (Lipinski definition) is 2. The van der Waals surface area contributed by atoms with Crippen molar-refractivity contribution in [2.45, 2.75) is 25.3 Å². The second-order valence-corrected chi connectivity index (χ2v) is 4.05. The zero-order chi connectivity index (χ0) is 12.3. The topological polar surface area (TPSA) is 84.3 Å². The monoisotopic (exact) mass is 237 g/mol. The molecule has 1 saturated carbocycles. The SMILES string of the molecule is COc1ccnc(NC2CCCC2C(=O)O)n1. The van der Waals surface area contributed by atoms with Crippen LogP contribution in [0.4, 0.5) is 5.95 Å². The third kappa shape index (κ3) is 2.64. The average Bonchev–Trinajstić information content (AvgIpc) is 2.77. The van der Waals surface area contributed by atoms with Crippen molar-refractivity contribution in [3.63, 3.8) is 0 Å². The van der Waals surface area contributed by atoms with E-state index in [4.69, 9.17) is 9.84 Å². The summed E-state index contributed by atoms with van der Waals surface area (Å²) in [6, 6.07) is 1.55. The summed E-state index contributed by atoms with van der Waals surface area (Å²) in [4.78, 5) is 19.2. The molecule has 1 aromatic rings. The van der Waals surface area contributed by atoms with Gasteiger partial charge in [-0.1, -0.05) is 6.42 Å². The van der Waals surface area contributed by atoms with Crippen LogP contribution in [0.3, 0.4) is 0 Å². The second-order valence-electron chi connectivity index (χ2n) is 4.05. The Morgan fingerprint density at radius 1 is 1.59 bits per heavy atom. The molecule has 1 aromatic heterocycles. The number of aliphatic carboxylic acids is 1. The quantitative estimate of drug-likeness (QED) is 0.817. The number of rotatable bonds is 4. The zero-order valence-electron chi connectivity index (χ0n) is 9.59. The Morgan fingerprint density at radius 3 is 3.12 bits per heavy atom. The van der Waals surface area contributed by atoms with Gasteiger partial charge in [0.2, 0.25) is 11.8 Å². The molecule has 2 N–H and O–H groups in total. The Balaban J connectivity index is 2.06. The molecular weight excluding hydrogens is 222 g/mol. The maximum atomic E-state index is 11.0. The van der Waals surface area contributed by atoms with E-state index < -0.39 is 5.97 Å². The molecule has 6 nitrogen and oxygen atoms in total. The first kappa shape index (κ1) is 11.6. The Labute approximate surface area is 99.0 Å². The minimum Gasteiger partial charge on any atom is -0.481 e. The first-order valence-corrected chi connectivity index (χ1v) is 5.57. The predicted octanol–water partition coefficient (Wildman–Crippen LogP) is 1.15. The maximum absolute atomic E-state index is 11.0. The van der Waals surface area contributed by atoms with Crippen molar-refractivity contribution in [3.8, 4) is 5.88 Å². The van der Waals surface area contributed by atoms with Gasteiger partial charge >= 0.3 is 5.97 Å². The van der Waals surface area contributed by atoms with Crippen LogP contribution in [0.25, 0.3) is 0 Å². The van der Waals surface area contributed by atoms with Gasteiger partial charge in [-0.3, -0.25) is 4.79 Å². The van der Waals surface area contributed by atoms with Crippen molar-refractivity contribution in [1.29, 1.82) is 0 Å². The van der Waals surface area contributed by atoms with Crippen LogP contribution in [0.2, 0.25) is 0 Å². The van der Waals surface area contributed by atoms with E-state index in [1.807, 2.05) is 0 Å². The van der Waals surface area contributed by atoms with Crippen LogP contribution in [0.1, 0.15) is 19.3 Å². The van der Waals surface area contributed by atoms with Gasteiger partial charge in [0.1, 0.15) is 0 Å². The van der Waals surface area contributed by atoms with E-state index in [9.17, 15) is 4.79 Å². The van der Waals surface area contributed by atoms with Crippen molar-refractivity contribution < 1.29 is 14.6 Å². The molecule has 2 unspecified atom stereocenters. The fourth-order valence-corrected chi connectivity index (χ4v) is 2.12. The molecule has 0 spiro atoms. The number of nitrogens with one attached hydrogen (secondary N) is 1. The highest BCUT2D eigenvalue weighted by atomic mass is 16.5. The molecule has 0 amide bonds. The lowest BCUT2D eigenvalue weighted by molar-refractivity contribution is -0.141. The molecule has 2 rings (SSSR count). The molecule has 1 aliphatic rings. The Morgan fingerprint density at radius 2 is 2.41 bits per heavy atom. The summed E-state index contributed by atoms with van der Waals surface area (Å²) in [5.41, 5.74) is 0. The summed E-state index contributed by atoms with van der Waals surface area (Å²) in [6.45, 7) is 0. The van der Waals surface area contributed by atoms with Crippen LogP contribution in [0.5, 0.6) is 5.88 Å². The number of carboxylic acids is 1. The third-order valence-corrected chi connectivity index (χ3v) is 2.99. The first-order chi connectivity index (χ1) is 8.20. The number of nitrogens with zero attached hydrogens (tertiary/aromatic N) is 2. The number of anilines is 1.